The third-order valence-corrected chi connectivity index (χ3v) is 3.85. The molecule has 1 aromatic rings. The summed E-state index contributed by atoms with van der Waals surface area (Å²) in [4.78, 5) is 12.4. The van der Waals surface area contributed by atoms with E-state index in [0.29, 0.717) is 24.4 Å². The third kappa shape index (κ3) is 3.10. The molecule has 1 amide bonds. The second kappa shape index (κ2) is 6.10. The van der Waals surface area contributed by atoms with E-state index >= 15 is 0 Å². The fourth-order valence-corrected chi connectivity index (χ4v) is 2.73. The van der Waals surface area contributed by atoms with Crippen molar-refractivity contribution >= 4 is 5.91 Å². The van der Waals surface area contributed by atoms with Gasteiger partial charge in [-0.15, -0.1) is 0 Å². The molecular formula is C14H22N4O. The van der Waals surface area contributed by atoms with Gasteiger partial charge in [-0.3, -0.25) is 4.79 Å². The summed E-state index contributed by atoms with van der Waals surface area (Å²) in [5.74, 6) is 0.366. The molecule has 0 radical (unpaired) electrons. The average molecular weight is 262 g/mol. The van der Waals surface area contributed by atoms with Crippen LogP contribution in [0.15, 0.2) is 6.07 Å². The normalized spacial score (nSPS) is 22.5. The molecule has 19 heavy (non-hydrogen) atoms. The summed E-state index contributed by atoms with van der Waals surface area (Å²) in [6.07, 6.45) is 3.98. The van der Waals surface area contributed by atoms with E-state index in [2.05, 4.69) is 15.5 Å². The van der Waals surface area contributed by atoms with Gasteiger partial charge in [-0.25, -0.2) is 0 Å². The lowest BCUT2D eigenvalue weighted by atomic mass is 10.0. The number of nitrogens with two attached hydrogens (primary N) is 1. The predicted octanol–water partition coefficient (Wildman–Crippen LogP) is 1.20. The minimum Gasteiger partial charge on any atom is -0.349 e. The largest absolute Gasteiger partial charge is 0.349 e. The van der Waals surface area contributed by atoms with E-state index in [1.54, 1.807) is 0 Å². The molecule has 2 rings (SSSR count). The monoisotopic (exact) mass is 262 g/mol. The highest BCUT2D eigenvalue weighted by molar-refractivity contribution is 5.95. The van der Waals surface area contributed by atoms with Crippen molar-refractivity contribution in [3.8, 4) is 0 Å². The van der Waals surface area contributed by atoms with Gasteiger partial charge in [-0.1, -0.05) is 13.3 Å². The second-order valence-electron chi connectivity index (χ2n) is 5.21. The van der Waals surface area contributed by atoms with Crippen molar-refractivity contribution in [2.45, 2.75) is 45.6 Å². The van der Waals surface area contributed by atoms with Gasteiger partial charge in [0.2, 0.25) is 0 Å². The van der Waals surface area contributed by atoms with Gasteiger partial charge in [0.1, 0.15) is 0 Å². The first kappa shape index (κ1) is 13.9. The van der Waals surface area contributed by atoms with Crippen LogP contribution in [-0.2, 0) is 6.42 Å². The Morgan fingerprint density at radius 2 is 2.26 bits per heavy atom. The second-order valence-corrected chi connectivity index (χ2v) is 5.21. The lowest BCUT2D eigenvalue weighted by Crippen LogP contribution is -2.40. The van der Waals surface area contributed by atoms with E-state index in [9.17, 15) is 4.79 Å². The summed E-state index contributed by atoms with van der Waals surface area (Å²) in [7, 11) is 0. The maximum atomic E-state index is 12.4. The maximum absolute atomic E-state index is 12.4. The Bertz CT molecular complexity index is 461. The van der Waals surface area contributed by atoms with Crippen molar-refractivity contribution in [1.29, 1.82) is 0 Å². The molecule has 3 N–H and O–H groups in total. The molecule has 0 saturated heterocycles. The summed E-state index contributed by atoms with van der Waals surface area (Å²) in [5.41, 5.74) is 7.92. The zero-order chi connectivity index (χ0) is 13.8. The van der Waals surface area contributed by atoms with E-state index in [1.165, 1.54) is 0 Å². The minimum absolute atomic E-state index is 0.0415. The molecule has 104 valence electrons. The number of nitrogens with one attached hydrogen (secondary N) is 1. The topological polar surface area (TPSA) is 80.9 Å². The van der Waals surface area contributed by atoms with Gasteiger partial charge >= 0.3 is 0 Å². The number of carbonyl (C=O) groups is 1. The molecule has 0 spiro atoms. The highest BCUT2D eigenvalue weighted by Crippen LogP contribution is 2.25. The third-order valence-electron chi connectivity index (χ3n) is 3.85. The molecule has 1 aliphatic carbocycles. The number of amides is 1. The SMILES string of the molecule is CCc1nnc(C)cc1C(=O)NC1CCCC1CN. The number of hydrogen-bond acceptors (Lipinski definition) is 4. The van der Waals surface area contributed by atoms with E-state index < -0.39 is 0 Å². The number of rotatable bonds is 4. The summed E-state index contributed by atoms with van der Waals surface area (Å²) in [6, 6.07) is 2.02. The van der Waals surface area contributed by atoms with Gasteiger partial charge in [-0.05, 0) is 44.7 Å². The molecule has 1 heterocycles. The van der Waals surface area contributed by atoms with Crippen LogP contribution in [0, 0.1) is 12.8 Å². The number of aromatic nitrogens is 2. The average Bonchev–Trinajstić information content (AvgIpc) is 2.85. The number of nitrogens with zero attached hydrogens (tertiary/aromatic N) is 2. The molecule has 1 saturated carbocycles. The Kier molecular flexibility index (Phi) is 4.47. The molecule has 0 bridgehead atoms. The van der Waals surface area contributed by atoms with Crippen molar-refractivity contribution in [2.75, 3.05) is 6.54 Å². The Balaban J connectivity index is 2.13. The molecule has 5 heteroatoms. The summed E-state index contributed by atoms with van der Waals surface area (Å²) < 4.78 is 0. The van der Waals surface area contributed by atoms with Gasteiger partial charge in [0.25, 0.3) is 5.91 Å². The summed E-state index contributed by atoms with van der Waals surface area (Å²) in [6.45, 7) is 4.47. The molecule has 0 aliphatic heterocycles. The predicted molar refractivity (Wildman–Crippen MR) is 73.8 cm³/mol. The van der Waals surface area contributed by atoms with Crippen LogP contribution < -0.4 is 11.1 Å². The fourth-order valence-electron chi connectivity index (χ4n) is 2.73. The summed E-state index contributed by atoms with van der Waals surface area (Å²) >= 11 is 0. The first-order chi connectivity index (χ1) is 9.15. The van der Waals surface area contributed by atoms with Crippen LogP contribution in [0.3, 0.4) is 0 Å². The Morgan fingerprint density at radius 1 is 1.47 bits per heavy atom. The smallest absolute Gasteiger partial charge is 0.253 e. The van der Waals surface area contributed by atoms with Crippen molar-refractivity contribution < 1.29 is 4.79 Å². The number of hydrogen-bond donors (Lipinski definition) is 2. The van der Waals surface area contributed by atoms with E-state index in [4.69, 9.17) is 5.73 Å². The maximum Gasteiger partial charge on any atom is 0.253 e. The lowest BCUT2D eigenvalue weighted by Gasteiger charge is -2.20. The van der Waals surface area contributed by atoms with Crippen LogP contribution in [0.2, 0.25) is 0 Å². The zero-order valence-corrected chi connectivity index (χ0v) is 11.6. The Hall–Kier alpha value is -1.49. The molecular weight excluding hydrogens is 240 g/mol. The van der Waals surface area contributed by atoms with Crippen molar-refractivity contribution in [1.82, 2.24) is 15.5 Å². The molecule has 1 aliphatic rings. The van der Waals surface area contributed by atoms with Gasteiger partial charge in [-0.2, -0.15) is 10.2 Å². The molecule has 2 atom stereocenters. The van der Waals surface area contributed by atoms with Gasteiger partial charge in [0.05, 0.1) is 17.0 Å². The number of aryl methyl sites for hydroxylation is 2. The number of carbonyl (C=O) groups excluding carboxylic acids is 1. The molecule has 0 aromatic carbocycles. The first-order valence-electron chi connectivity index (χ1n) is 6.99. The molecule has 1 aromatic heterocycles. The van der Waals surface area contributed by atoms with Crippen LogP contribution in [0.25, 0.3) is 0 Å². The van der Waals surface area contributed by atoms with Crippen LogP contribution in [-0.4, -0.2) is 28.7 Å². The van der Waals surface area contributed by atoms with E-state index in [1.807, 2.05) is 19.9 Å². The summed E-state index contributed by atoms with van der Waals surface area (Å²) in [5, 5.41) is 11.2. The van der Waals surface area contributed by atoms with Crippen LogP contribution >= 0.6 is 0 Å². The molecule has 2 unspecified atom stereocenters. The van der Waals surface area contributed by atoms with Crippen LogP contribution in [0.1, 0.15) is 47.9 Å². The lowest BCUT2D eigenvalue weighted by molar-refractivity contribution is 0.0927. The molecule has 5 nitrogen and oxygen atoms in total. The van der Waals surface area contributed by atoms with E-state index in [-0.39, 0.29) is 11.9 Å². The van der Waals surface area contributed by atoms with Gasteiger partial charge in [0.15, 0.2) is 0 Å². The highest BCUT2D eigenvalue weighted by atomic mass is 16.1. The fraction of sp³-hybridized carbons (Fsp3) is 0.643. The first-order valence-corrected chi connectivity index (χ1v) is 6.99. The zero-order valence-electron chi connectivity index (χ0n) is 11.6. The highest BCUT2D eigenvalue weighted by Gasteiger charge is 2.28. The van der Waals surface area contributed by atoms with Crippen molar-refractivity contribution in [2.24, 2.45) is 11.7 Å². The minimum atomic E-state index is -0.0415. The van der Waals surface area contributed by atoms with Crippen molar-refractivity contribution in [3.63, 3.8) is 0 Å². The van der Waals surface area contributed by atoms with Crippen LogP contribution in [0.4, 0.5) is 0 Å². The van der Waals surface area contributed by atoms with E-state index in [0.717, 1.165) is 30.7 Å². The Morgan fingerprint density at radius 3 is 2.95 bits per heavy atom. The molecule has 1 fully saturated rings. The standard InChI is InChI=1S/C14H22N4O/c1-3-12-11(7-9(2)17-18-12)14(19)16-13-6-4-5-10(13)8-15/h7,10,13H,3-6,8,15H2,1-2H3,(H,16,19). The quantitative estimate of drug-likeness (QED) is 0.854. The van der Waals surface area contributed by atoms with Gasteiger partial charge in [0, 0.05) is 6.04 Å². The van der Waals surface area contributed by atoms with Crippen LogP contribution in [0.5, 0.6) is 0 Å². The van der Waals surface area contributed by atoms with Crippen molar-refractivity contribution in [3.05, 3.63) is 23.0 Å². The van der Waals surface area contributed by atoms with Gasteiger partial charge < -0.3 is 11.1 Å². The Labute approximate surface area is 114 Å².